The van der Waals surface area contributed by atoms with E-state index < -0.39 is 18.4 Å². The zero-order valence-electron chi connectivity index (χ0n) is 16.2. The lowest BCUT2D eigenvalue weighted by molar-refractivity contribution is -0.274. The molecule has 0 bridgehead atoms. The topological polar surface area (TPSA) is 73.9 Å². The van der Waals surface area contributed by atoms with Crippen LogP contribution in [0.3, 0.4) is 0 Å². The molecule has 3 amide bonds. The number of hydrogen-bond acceptors (Lipinski definition) is 5. The van der Waals surface area contributed by atoms with Gasteiger partial charge in [-0.25, -0.2) is 4.79 Å². The number of benzene rings is 1. The number of carbonyl (C=O) groups excluding carboxylic acids is 2. The van der Waals surface area contributed by atoms with Crippen LogP contribution in [0.4, 0.5) is 18.0 Å². The molecule has 3 rings (SSSR count). The maximum Gasteiger partial charge on any atom is 0.573 e. The van der Waals surface area contributed by atoms with E-state index in [9.17, 15) is 22.8 Å². The van der Waals surface area contributed by atoms with Gasteiger partial charge in [-0.15, -0.1) is 13.2 Å². The number of halogens is 3. The maximum atomic E-state index is 12.2. The Bertz CT molecular complexity index is 714. The first-order valence-corrected chi connectivity index (χ1v) is 9.62. The van der Waals surface area contributed by atoms with Gasteiger partial charge in [-0.2, -0.15) is 0 Å². The Labute approximate surface area is 167 Å². The predicted octanol–water partition coefficient (Wildman–Crippen LogP) is 2.08. The van der Waals surface area contributed by atoms with Crippen molar-refractivity contribution in [3.63, 3.8) is 0 Å². The molecule has 2 aliphatic rings. The van der Waals surface area contributed by atoms with Gasteiger partial charge in [0, 0.05) is 38.8 Å². The minimum Gasteiger partial charge on any atom is -0.406 e. The molecule has 7 nitrogen and oxygen atoms in total. The molecule has 0 radical (unpaired) electrons. The van der Waals surface area contributed by atoms with Gasteiger partial charge in [0.2, 0.25) is 5.91 Å². The number of piperazine rings is 1. The fourth-order valence-electron chi connectivity index (χ4n) is 3.19. The SMILES string of the molecule is C[C@@H](C(=O)NC(=O)NC1CC1)N1CCN(Cc2ccc(OC(F)(F)F)cc2)CC1. The number of urea groups is 1. The van der Waals surface area contributed by atoms with Crippen LogP contribution in [0.2, 0.25) is 0 Å². The van der Waals surface area contributed by atoms with E-state index in [4.69, 9.17) is 0 Å². The third-order valence-corrected chi connectivity index (χ3v) is 5.05. The molecule has 1 aromatic carbocycles. The first-order valence-electron chi connectivity index (χ1n) is 9.62. The van der Waals surface area contributed by atoms with Crippen LogP contribution in [0.1, 0.15) is 25.3 Å². The second-order valence-electron chi connectivity index (χ2n) is 7.42. The van der Waals surface area contributed by atoms with Crippen molar-refractivity contribution in [1.29, 1.82) is 0 Å². The second-order valence-corrected chi connectivity index (χ2v) is 7.42. The molecular formula is C19H25F3N4O3. The zero-order valence-corrected chi connectivity index (χ0v) is 16.2. The molecule has 160 valence electrons. The number of nitrogens with one attached hydrogen (secondary N) is 2. The van der Waals surface area contributed by atoms with Crippen molar-refractivity contribution in [2.24, 2.45) is 0 Å². The normalized spacial score (nSPS) is 19.4. The molecule has 1 saturated carbocycles. The number of imide groups is 1. The summed E-state index contributed by atoms with van der Waals surface area (Å²) in [6.45, 7) is 5.13. The lowest BCUT2D eigenvalue weighted by Gasteiger charge is -2.37. The first kappa shape index (κ1) is 21.4. The number of carbonyl (C=O) groups is 2. The average molecular weight is 414 g/mol. The van der Waals surface area contributed by atoms with Gasteiger partial charge in [0.05, 0.1) is 6.04 Å². The van der Waals surface area contributed by atoms with Crippen molar-refractivity contribution in [2.45, 2.75) is 44.8 Å². The lowest BCUT2D eigenvalue weighted by Crippen LogP contribution is -2.55. The van der Waals surface area contributed by atoms with Gasteiger partial charge in [0.25, 0.3) is 0 Å². The summed E-state index contributed by atoms with van der Waals surface area (Å²) >= 11 is 0. The molecular weight excluding hydrogens is 389 g/mol. The zero-order chi connectivity index (χ0) is 21.0. The van der Waals surface area contributed by atoms with E-state index in [1.54, 1.807) is 19.1 Å². The molecule has 0 spiro atoms. The van der Waals surface area contributed by atoms with Crippen molar-refractivity contribution in [2.75, 3.05) is 26.2 Å². The Morgan fingerprint density at radius 3 is 2.31 bits per heavy atom. The fraction of sp³-hybridized carbons (Fsp3) is 0.579. The van der Waals surface area contributed by atoms with Crippen LogP contribution < -0.4 is 15.4 Å². The number of rotatable bonds is 6. The third kappa shape index (κ3) is 6.90. The van der Waals surface area contributed by atoms with Crippen molar-refractivity contribution >= 4 is 11.9 Å². The molecule has 2 fully saturated rings. The molecule has 1 atom stereocenters. The molecule has 1 heterocycles. The van der Waals surface area contributed by atoms with Gasteiger partial charge in [-0.1, -0.05) is 12.1 Å². The summed E-state index contributed by atoms with van der Waals surface area (Å²) in [4.78, 5) is 28.1. The summed E-state index contributed by atoms with van der Waals surface area (Å²) < 4.78 is 40.5. The number of amides is 3. The summed E-state index contributed by atoms with van der Waals surface area (Å²) in [5.74, 6) is -0.562. The monoisotopic (exact) mass is 414 g/mol. The van der Waals surface area contributed by atoms with E-state index in [2.05, 4.69) is 20.3 Å². The number of hydrogen-bond donors (Lipinski definition) is 2. The Balaban J connectivity index is 1.41. The summed E-state index contributed by atoms with van der Waals surface area (Å²) in [6.07, 6.45) is -2.78. The second kappa shape index (κ2) is 9.00. The fourth-order valence-corrected chi connectivity index (χ4v) is 3.19. The highest BCUT2D eigenvalue weighted by molar-refractivity contribution is 5.97. The molecule has 10 heteroatoms. The van der Waals surface area contributed by atoms with Crippen LogP contribution in [-0.4, -0.2) is 66.4 Å². The molecule has 1 aliphatic carbocycles. The molecule has 1 saturated heterocycles. The van der Waals surface area contributed by atoms with Gasteiger partial charge >= 0.3 is 12.4 Å². The van der Waals surface area contributed by atoms with Gasteiger partial charge < -0.3 is 10.1 Å². The van der Waals surface area contributed by atoms with Crippen LogP contribution in [0.5, 0.6) is 5.75 Å². The Morgan fingerprint density at radius 2 is 1.76 bits per heavy atom. The van der Waals surface area contributed by atoms with Crippen molar-refractivity contribution in [1.82, 2.24) is 20.4 Å². The van der Waals surface area contributed by atoms with Crippen molar-refractivity contribution in [3.8, 4) is 5.75 Å². The lowest BCUT2D eigenvalue weighted by atomic mass is 10.1. The van der Waals surface area contributed by atoms with E-state index in [0.717, 1.165) is 18.4 Å². The van der Waals surface area contributed by atoms with E-state index in [1.807, 2.05) is 4.90 Å². The summed E-state index contributed by atoms with van der Waals surface area (Å²) in [6, 6.07) is 5.16. The maximum absolute atomic E-state index is 12.2. The highest BCUT2D eigenvalue weighted by Gasteiger charge is 2.31. The number of ether oxygens (including phenoxy) is 1. The van der Waals surface area contributed by atoms with E-state index in [1.165, 1.54) is 12.1 Å². The van der Waals surface area contributed by atoms with Crippen LogP contribution in [-0.2, 0) is 11.3 Å². The third-order valence-electron chi connectivity index (χ3n) is 5.05. The molecule has 1 aromatic rings. The molecule has 1 aliphatic heterocycles. The highest BCUT2D eigenvalue weighted by atomic mass is 19.4. The Morgan fingerprint density at radius 1 is 1.14 bits per heavy atom. The number of nitrogens with zero attached hydrogens (tertiary/aromatic N) is 2. The predicted molar refractivity (Wildman–Crippen MR) is 99.1 cm³/mol. The van der Waals surface area contributed by atoms with Crippen LogP contribution in [0.25, 0.3) is 0 Å². The molecule has 0 unspecified atom stereocenters. The van der Waals surface area contributed by atoms with Crippen molar-refractivity contribution < 1.29 is 27.5 Å². The minimum atomic E-state index is -4.70. The van der Waals surface area contributed by atoms with Crippen molar-refractivity contribution in [3.05, 3.63) is 29.8 Å². The molecule has 2 N–H and O–H groups in total. The van der Waals surface area contributed by atoms with E-state index >= 15 is 0 Å². The van der Waals surface area contributed by atoms with Crippen LogP contribution in [0, 0.1) is 0 Å². The summed E-state index contributed by atoms with van der Waals surface area (Å²) in [7, 11) is 0. The Hall–Kier alpha value is -2.33. The van der Waals surface area contributed by atoms with Gasteiger partial charge in [-0.05, 0) is 37.5 Å². The smallest absolute Gasteiger partial charge is 0.406 e. The largest absolute Gasteiger partial charge is 0.573 e. The molecule has 29 heavy (non-hydrogen) atoms. The highest BCUT2D eigenvalue weighted by Crippen LogP contribution is 2.23. The average Bonchev–Trinajstić information content (AvgIpc) is 3.46. The quantitative estimate of drug-likeness (QED) is 0.746. The first-order chi connectivity index (χ1) is 13.7. The van der Waals surface area contributed by atoms with Gasteiger partial charge in [-0.3, -0.25) is 19.9 Å². The van der Waals surface area contributed by atoms with E-state index in [0.29, 0.717) is 32.7 Å². The van der Waals surface area contributed by atoms with Crippen LogP contribution in [0.15, 0.2) is 24.3 Å². The van der Waals surface area contributed by atoms with E-state index in [-0.39, 0.29) is 17.7 Å². The molecule has 0 aromatic heterocycles. The summed E-state index contributed by atoms with van der Waals surface area (Å²) in [5.41, 5.74) is 0.885. The number of alkyl halides is 3. The Kier molecular flexibility index (Phi) is 6.63. The summed E-state index contributed by atoms with van der Waals surface area (Å²) in [5, 5.41) is 5.11. The standard InChI is InChI=1S/C19H25F3N4O3/c1-13(17(27)24-18(28)23-15-4-5-15)26-10-8-25(9-11-26)12-14-2-6-16(7-3-14)29-19(20,21)22/h2-3,6-7,13,15H,4-5,8-12H2,1H3,(H2,23,24,27,28)/t13-/m0/s1. The van der Waals surface area contributed by atoms with Gasteiger partial charge in [0.15, 0.2) is 0 Å². The van der Waals surface area contributed by atoms with Crippen LogP contribution >= 0.6 is 0 Å². The minimum absolute atomic E-state index is 0.191. The van der Waals surface area contributed by atoms with Gasteiger partial charge in [0.1, 0.15) is 5.75 Å².